The molecule has 0 aromatic heterocycles. The van der Waals surface area contributed by atoms with Crippen molar-refractivity contribution in [1.29, 1.82) is 0 Å². The Labute approximate surface area is 98.2 Å². The van der Waals surface area contributed by atoms with E-state index in [0.29, 0.717) is 16.5 Å². The van der Waals surface area contributed by atoms with E-state index in [0.717, 1.165) is 0 Å². The highest BCUT2D eigenvalue weighted by molar-refractivity contribution is 7.93. The fourth-order valence-corrected chi connectivity index (χ4v) is 1.90. The van der Waals surface area contributed by atoms with Crippen LogP contribution in [0.25, 0.3) is 0 Å². The average Bonchev–Trinajstić information content (AvgIpc) is 2.17. The van der Waals surface area contributed by atoms with Crippen LogP contribution in [0.3, 0.4) is 0 Å². The lowest BCUT2D eigenvalue weighted by atomic mass is 10.3. The van der Waals surface area contributed by atoms with Crippen LogP contribution >= 0.6 is 23.2 Å². The van der Waals surface area contributed by atoms with Gasteiger partial charge in [0.1, 0.15) is 11.0 Å². The molecular weight excluding hydrogens is 261 g/mol. The Morgan fingerprint density at radius 1 is 1.47 bits per heavy atom. The molecule has 0 radical (unpaired) electrons. The molecular formula is C8H9Cl2NO3S. The van der Waals surface area contributed by atoms with Crippen LogP contribution in [-0.4, -0.2) is 20.7 Å². The van der Waals surface area contributed by atoms with Crippen molar-refractivity contribution in [2.24, 2.45) is 0 Å². The largest absolute Gasteiger partial charge is 0.495 e. The molecule has 0 unspecified atom stereocenters. The molecule has 1 aromatic carbocycles. The standard InChI is InChI=1S/C8H9Cl2NO3S/c1-14-8-3-2-6(4-7(8)10)11-15(12,13)5-9/h2-4,11H,5H2,1H3. The van der Waals surface area contributed by atoms with Crippen molar-refractivity contribution in [3.8, 4) is 5.75 Å². The summed E-state index contributed by atoms with van der Waals surface area (Å²) in [6.45, 7) is 0. The molecule has 0 saturated heterocycles. The van der Waals surface area contributed by atoms with Gasteiger partial charge in [-0.2, -0.15) is 0 Å². The van der Waals surface area contributed by atoms with Crippen LogP contribution in [0.4, 0.5) is 5.69 Å². The van der Waals surface area contributed by atoms with Gasteiger partial charge in [0, 0.05) is 0 Å². The second-order valence-corrected chi connectivity index (χ2v) is 5.39. The monoisotopic (exact) mass is 269 g/mol. The van der Waals surface area contributed by atoms with Crippen molar-refractivity contribution in [2.45, 2.75) is 0 Å². The number of rotatable bonds is 4. The lowest BCUT2D eigenvalue weighted by Crippen LogP contribution is -2.13. The molecule has 0 heterocycles. The van der Waals surface area contributed by atoms with Crippen LogP contribution in [0.1, 0.15) is 0 Å². The third-order valence-corrected chi connectivity index (χ3v) is 3.56. The molecule has 0 aliphatic carbocycles. The van der Waals surface area contributed by atoms with Gasteiger partial charge in [-0.1, -0.05) is 11.6 Å². The number of halogens is 2. The second kappa shape index (κ2) is 4.92. The highest BCUT2D eigenvalue weighted by Gasteiger charge is 2.09. The third kappa shape index (κ3) is 3.44. The van der Waals surface area contributed by atoms with Crippen LogP contribution in [0.2, 0.25) is 5.02 Å². The van der Waals surface area contributed by atoms with E-state index in [1.165, 1.54) is 19.2 Å². The molecule has 7 heteroatoms. The first-order valence-electron chi connectivity index (χ1n) is 3.88. The number of methoxy groups -OCH3 is 1. The van der Waals surface area contributed by atoms with Gasteiger partial charge in [0.25, 0.3) is 0 Å². The zero-order valence-electron chi connectivity index (χ0n) is 7.83. The molecule has 84 valence electrons. The maximum Gasteiger partial charge on any atom is 0.246 e. The van der Waals surface area contributed by atoms with E-state index < -0.39 is 15.2 Å². The number of nitrogens with one attached hydrogen (secondary N) is 1. The lowest BCUT2D eigenvalue weighted by molar-refractivity contribution is 0.415. The molecule has 0 spiro atoms. The minimum atomic E-state index is -3.49. The molecule has 0 fully saturated rings. The summed E-state index contributed by atoms with van der Waals surface area (Å²) in [4.78, 5) is 0. The van der Waals surface area contributed by atoms with Gasteiger partial charge in [-0.3, -0.25) is 4.72 Å². The number of ether oxygens (including phenoxy) is 1. The number of anilines is 1. The fraction of sp³-hybridized carbons (Fsp3) is 0.250. The third-order valence-electron chi connectivity index (χ3n) is 1.57. The summed E-state index contributed by atoms with van der Waals surface area (Å²) in [5.41, 5.74) is 0.349. The minimum absolute atomic E-state index is 0.326. The quantitative estimate of drug-likeness (QED) is 0.854. The first-order chi connectivity index (χ1) is 6.98. The summed E-state index contributed by atoms with van der Waals surface area (Å²) in [6.07, 6.45) is 0. The average molecular weight is 270 g/mol. The first kappa shape index (κ1) is 12.4. The molecule has 1 rings (SSSR count). The van der Waals surface area contributed by atoms with Crippen molar-refractivity contribution in [3.63, 3.8) is 0 Å². The maximum absolute atomic E-state index is 11.1. The highest BCUT2D eigenvalue weighted by atomic mass is 35.5. The van der Waals surface area contributed by atoms with E-state index >= 15 is 0 Å². The SMILES string of the molecule is COc1ccc(NS(=O)(=O)CCl)cc1Cl. The van der Waals surface area contributed by atoms with E-state index in [1.807, 2.05) is 0 Å². The zero-order chi connectivity index (χ0) is 11.5. The van der Waals surface area contributed by atoms with Gasteiger partial charge in [0.2, 0.25) is 10.0 Å². The second-order valence-electron chi connectivity index (χ2n) is 2.68. The lowest BCUT2D eigenvalue weighted by Gasteiger charge is -2.07. The fourth-order valence-electron chi connectivity index (χ4n) is 0.937. The number of hydrogen-bond acceptors (Lipinski definition) is 3. The van der Waals surface area contributed by atoms with E-state index in [-0.39, 0.29) is 0 Å². The summed E-state index contributed by atoms with van der Waals surface area (Å²) in [5.74, 6) is 0.477. The Balaban J connectivity index is 2.94. The number of sulfonamides is 1. The van der Waals surface area contributed by atoms with Gasteiger partial charge in [0.05, 0.1) is 17.8 Å². The van der Waals surface area contributed by atoms with Crippen molar-refractivity contribution >= 4 is 38.9 Å². The Morgan fingerprint density at radius 2 is 2.13 bits per heavy atom. The van der Waals surface area contributed by atoms with Crippen molar-refractivity contribution in [2.75, 3.05) is 17.0 Å². The first-order valence-corrected chi connectivity index (χ1v) is 6.45. The zero-order valence-corrected chi connectivity index (χ0v) is 10.2. The van der Waals surface area contributed by atoms with E-state index in [2.05, 4.69) is 4.72 Å². The predicted octanol–water partition coefficient (Wildman–Crippen LogP) is 2.29. The summed E-state index contributed by atoms with van der Waals surface area (Å²) in [5, 5.41) is -0.177. The molecule has 0 aliphatic heterocycles. The smallest absolute Gasteiger partial charge is 0.246 e. The van der Waals surface area contributed by atoms with Gasteiger partial charge in [-0.15, -0.1) is 11.6 Å². The Bertz CT molecular complexity index is 447. The summed E-state index contributed by atoms with van der Waals surface area (Å²) < 4.78 is 29.4. The van der Waals surface area contributed by atoms with Gasteiger partial charge in [-0.25, -0.2) is 8.42 Å². The number of benzene rings is 1. The molecule has 4 nitrogen and oxygen atoms in total. The van der Waals surface area contributed by atoms with E-state index in [4.69, 9.17) is 27.9 Å². The normalized spacial score (nSPS) is 11.1. The van der Waals surface area contributed by atoms with Crippen LogP contribution in [0, 0.1) is 0 Å². The van der Waals surface area contributed by atoms with Gasteiger partial charge >= 0.3 is 0 Å². The van der Waals surface area contributed by atoms with Gasteiger partial charge < -0.3 is 4.74 Å². The minimum Gasteiger partial charge on any atom is -0.495 e. The van der Waals surface area contributed by atoms with Crippen molar-refractivity contribution in [3.05, 3.63) is 23.2 Å². The highest BCUT2D eigenvalue weighted by Crippen LogP contribution is 2.27. The molecule has 0 bridgehead atoms. The summed E-state index contributed by atoms with van der Waals surface area (Å²) in [6, 6.07) is 4.55. The van der Waals surface area contributed by atoms with Gasteiger partial charge in [-0.05, 0) is 18.2 Å². The number of hydrogen-bond donors (Lipinski definition) is 1. The Kier molecular flexibility index (Phi) is 4.07. The van der Waals surface area contributed by atoms with E-state index in [1.54, 1.807) is 6.07 Å². The topological polar surface area (TPSA) is 55.4 Å². The van der Waals surface area contributed by atoms with Crippen LogP contribution in [-0.2, 0) is 10.0 Å². The summed E-state index contributed by atoms with van der Waals surface area (Å²) >= 11 is 11.0. The Hall–Kier alpha value is -0.650. The molecule has 0 amide bonds. The van der Waals surface area contributed by atoms with Gasteiger partial charge in [0.15, 0.2) is 0 Å². The molecule has 1 N–H and O–H groups in total. The van der Waals surface area contributed by atoms with Crippen LogP contribution in [0.15, 0.2) is 18.2 Å². The molecule has 0 aliphatic rings. The maximum atomic E-state index is 11.1. The molecule has 1 aromatic rings. The van der Waals surface area contributed by atoms with Crippen molar-refractivity contribution in [1.82, 2.24) is 0 Å². The van der Waals surface area contributed by atoms with E-state index in [9.17, 15) is 8.42 Å². The van der Waals surface area contributed by atoms with Crippen molar-refractivity contribution < 1.29 is 13.2 Å². The Morgan fingerprint density at radius 3 is 2.60 bits per heavy atom. The van der Waals surface area contributed by atoms with Crippen LogP contribution < -0.4 is 9.46 Å². The molecule has 15 heavy (non-hydrogen) atoms. The molecule has 0 saturated carbocycles. The predicted molar refractivity (Wildman–Crippen MR) is 61.3 cm³/mol. The molecule has 0 atom stereocenters. The number of alkyl halides is 1. The van der Waals surface area contributed by atoms with Crippen LogP contribution in [0.5, 0.6) is 5.75 Å². The summed E-state index contributed by atoms with van der Waals surface area (Å²) in [7, 11) is -2.02.